The van der Waals surface area contributed by atoms with Crippen LogP contribution in [0.2, 0.25) is 0 Å². The molecule has 0 spiro atoms. The molecule has 7 nitrogen and oxygen atoms in total. The minimum absolute atomic E-state index is 0.0413. The number of aromatic nitrogens is 2. The molecule has 1 atom stereocenters. The lowest BCUT2D eigenvalue weighted by Gasteiger charge is -2.04. The van der Waals surface area contributed by atoms with Crippen LogP contribution >= 0.6 is 11.8 Å². The Bertz CT molecular complexity index is 837. The number of sulfone groups is 1. The predicted molar refractivity (Wildman–Crippen MR) is 98.6 cm³/mol. The molecule has 1 saturated heterocycles. The summed E-state index contributed by atoms with van der Waals surface area (Å²) in [6.07, 6.45) is 1.89. The van der Waals surface area contributed by atoms with Crippen molar-refractivity contribution in [3.8, 4) is 0 Å². The van der Waals surface area contributed by atoms with E-state index in [1.54, 1.807) is 0 Å². The molecule has 0 aliphatic carbocycles. The second kappa shape index (κ2) is 8.68. The van der Waals surface area contributed by atoms with Crippen molar-refractivity contribution >= 4 is 27.5 Å². The van der Waals surface area contributed by atoms with Gasteiger partial charge in [0.05, 0.1) is 17.3 Å². The summed E-state index contributed by atoms with van der Waals surface area (Å²) in [4.78, 5) is 11.9. The lowest BCUT2D eigenvalue weighted by Crippen LogP contribution is -2.27. The SMILES string of the molecule is O=C(CSc1nnc(C[C@@H]2CCS(=O)(=O)C2)o1)NCCc1ccccc1. The molecular formula is C17H21N3O4S2. The lowest BCUT2D eigenvalue weighted by molar-refractivity contribution is -0.118. The Hall–Kier alpha value is -1.87. The van der Waals surface area contributed by atoms with Gasteiger partial charge in [0, 0.05) is 13.0 Å². The predicted octanol–water partition coefficient (Wildman–Crippen LogP) is 1.50. The first-order valence-corrected chi connectivity index (χ1v) is 11.3. The summed E-state index contributed by atoms with van der Waals surface area (Å²) in [5.74, 6) is 0.998. The molecular weight excluding hydrogens is 374 g/mol. The molecule has 0 bridgehead atoms. The number of carbonyl (C=O) groups excluding carboxylic acids is 1. The molecule has 3 rings (SSSR count). The van der Waals surface area contributed by atoms with Crippen LogP contribution in [0, 0.1) is 5.92 Å². The van der Waals surface area contributed by atoms with E-state index in [2.05, 4.69) is 15.5 Å². The second-order valence-corrected chi connectivity index (χ2v) is 9.46. The maximum absolute atomic E-state index is 11.9. The van der Waals surface area contributed by atoms with Gasteiger partial charge in [0.1, 0.15) is 0 Å². The maximum Gasteiger partial charge on any atom is 0.277 e. The third kappa shape index (κ3) is 5.84. The Morgan fingerprint density at radius 3 is 2.81 bits per heavy atom. The highest BCUT2D eigenvalue weighted by atomic mass is 32.2. The third-order valence-corrected chi connectivity index (χ3v) is 6.80. The number of nitrogens with zero attached hydrogens (tertiary/aromatic N) is 2. The number of rotatable bonds is 8. The van der Waals surface area contributed by atoms with E-state index in [1.165, 1.54) is 17.3 Å². The number of hydrogen-bond acceptors (Lipinski definition) is 7. The summed E-state index contributed by atoms with van der Waals surface area (Å²) < 4.78 is 28.5. The number of nitrogens with one attached hydrogen (secondary N) is 1. The van der Waals surface area contributed by atoms with E-state index < -0.39 is 9.84 Å². The van der Waals surface area contributed by atoms with E-state index >= 15 is 0 Å². The Morgan fingerprint density at radius 1 is 1.27 bits per heavy atom. The Labute approximate surface area is 156 Å². The molecule has 1 fully saturated rings. The Morgan fingerprint density at radius 2 is 2.08 bits per heavy atom. The summed E-state index contributed by atoms with van der Waals surface area (Å²) in [6, 6.07) is 9.96. The van der Waals surface area contributed by atoms with Gasteiger partial charge in [-0.05, 0) is 24.3 Å². The standard InChI is InChI=1S/C17H21N3O4S2/c21-15(18-8-6-13-4-2-1-3-5-13)11-25-17-20-19-16(24-17)10-14-7-9-26(22,23)12-14/h1-5,14H,6-12H2,(H,18,21)/t14-/m0/s1. The maximum atomic E-state index is 11.9. The molecule has 1 aromatic carbocycles. The topological polar surface area (TPSA) is 102 Å². The fourth-order valence-electron chi connectivity index (χ4n) is 2.83. The van der Waals surface area contributed by atoms with Gasteiger partial charge in [-0.25, -0.2) is 8.42 Å². The van der Waals surface area contributed by atoms with Gasteiger partial charge in [0.2, 0.25) is 11.8 Å². The molecule has 1 aliphatic heterocycles. The molecule has 2 heterocycles. The number of carbonyl (C=O) groups is 1. The quantitative estimate of drug-likeness (QED) is 0.676. The fraction of sp³-hybridized carbons (Fsp3) is 0.471. The van der Waals surface area contributed by atoms with Crippen LogP contribution in [0.15, 0.2) is 40.0 Å². The normalized spacial score (nSPS) is 18.7. The molecule has 1 aliphatic rings. The van der Waals surface area contributed by atoms with Crippen LogP contribution in [0.3, 0.4) is 0 Å². The lowest BCUT2D eigenvalue weighted by atomic mass is 10.1. The molecule has 1 aromatic heterocycles. The number of thioether (sulfide) groups is 1. The van der Waals surface area contributed by atoms with Crippen molar-refractivity contribution in [3.63, 3.8) is 0 Å². The van der Waals surface area contributed by atoms with Gasteiger partial charge in [-0.1, -0.05) is 42.1 Å². The van der Waals surface area contributed by atoms with Crippen LogP contribution in [0.4, 0.5) is 0 Å². The first-order valence-electron chi connectivity index (χ1n) is 8.46. The van der Waals surface area contributed by atoms with Crippen molar-refractivity contribution in [2.45, 2.75) is 24.5 Å². The van der Waals surface area contributed by atoms with Gasteiger partial charge in [-0.15, -0.1) is 10.2 Å². The highest BCUT2D eigenvalue weighted by Crippen LogP contribution is 2.23. The molecule has 1 amide bonds. The largest absolute Gasteiger partial charge is 0.416 e. The number of amides is 1. The molecule has 0 saturated carbocycles. The van der Waals surface area contributed by atoms with Crippen LogP contribution < -0.4 is 5.32 Å². The average molecular weight is 396 g/mol. The van der Waals surface area contributed by atoms with Crippen LogP contribution in [-0.4, -0.2) is 48.3 Å². The van der Waals surface area contributed by atoms with Crippen LogP contribution in [0.1, 0.15) is 17.9 Å². The third-order valence-electron chi connectivity index (χ3n) is 4.14. The minimum Gasteiger partial charge on any atom is -0.416 e. The van der Waals surface area contributed by atoms with E-state index in [1.807, 2.05) is 30.3 Å². The highest BCUT2D eigenvalue weighted by Gasteiger charge is 2.29. The van der Waals surface area contributed by atoms with Gasteiger partial charge in [-0.3, -0.25) is 4.79 Å². The molecule has 140 valence electrons. The zero-order chi connectivity index (χ0) is 18.4. The smallest absolute Gasteiger partial charge is 0.277 e. The van der Waals surface area contributed by atoms with E-state index in [0.29, 0.717) is 30.5 Å². The van der Waals surface area contributed by atoms with Gasteiger partial charge in [0.25, 0.3) is 5.22 Å². The first-order chi connectivity index (χ1) is 12.5. The van der Waals surface area contributed by atoms with E-state index in [0.717, 1.165) is 6.42 Å². The zero-order valence-corrected chi connectivity index (χ0v) is 15.9. The van der Waals surface area contributed by atoms with Gasteiger partial charge >= 0.3 is 0 Å². The minimum atomic E-state index is -2.91. The van der Waals surface area contributed by atoms with E-state index in [-0.39, 0.29) is 29.1 Å². The molecule has 2 aromatic rings. The summed E-state index contributed by atoms with van der Waals surface area (Å²) in [7, 11) is -2.91. The van der Waals surface area contributed by atoms with Crippen molar-refractivity contribution in [1.82, 2.24) is 15.5 Å². The first kappa shape index (κ1) is 18.9. The van der Waals surface area contributed by atoms with Crippen LogP contribution in [0.25, 0.3) is 0 Å². The number of benzene rings is 1. The molecule has 1 N–H and O–H groups in total. The van der Waals surface area contributed by atoms with Crippen LogP contribution in [-0.2, 0) is 27.5 Å². The molecule has 0 radical (unpaired) electrons. The second-order valence-electron chi connectivity index (χ2n) is 6.31. The Balaban J connectivity index is 1.37. The molecule has 9 heteroatoms. The zero-order valence-electron chi connectivity index (χ0n) is 14.3. The highest BCUT2D eigenvalue weighted by molar-refractivity contribution is 7.99. The summed E-state index contributed by atoms with van der Waals surface area (Å²) in [5, 5.41) is 11.0. The molecule has 0 unspecified atom stereocenters. The monoisotopic (exact) mass is 395 g/mol. The van der Waals surface area contributed by atoms with Crippen molar-refractivity contribution in [2.75, 3.05) is 23.8 Å². The fourth-order valence-corrected chi connectivity index (χ4v) is 5.30. The Kier molecular flexibility index (Phi) is 6.31. The van der Waals surface area contributed by atoms with Crippen molar-refractivity contribution < 1.29 is 17.6 Å². The summed E-state index contributed by atoms with van der Waals surface area (Å²) >= 11 is 1.18. The van der Waals surface area contributed by atoms with E-state index in [4.69, 9.17) is 4.42 Å². The van der Waals surface area contributed by atoms with Crippen molar-refractivity contribution in [2.24, 2.45) is 5.92 Å². The van der Waals surface area contributed by atoms with Gasteiger partial charge < -0.3 is 9.73 Å². The average Bonchev–Trinajstić information content (AvgIpc) is 3.20. The van der Waals surface area contributed by atoms with Crippen molar-refractivity contribution in [3.05, 3.63) is 41.8 Å². The molecule has 26 heavy (non-hydrogen) atoms. The van der Waals surface area contributed by atoms with Gasteiger partial charge in [-0.2, -0.15) is 0 Å². The van der Waals surface area contributed by atoms with Crippen molar-refractivity contribution in [1.29, 1.82) is 0 Å². The number of hydrogen-bond donors (Lipinski definition) is 1. The summed E-state index contributed by atoms with van der Waals surface area (Å²) in [6.45, 7) is 0.578. The van der Waals surface area contributed by atoms with Crippen LogP contribution in [0.5, 0.6) is 0 Å². The van der Waals surface area contributed by atoms with E-state index in [9.17, 15) is 13.2 Å². The summed E-state index contributed by atoms with van der Waals surface area (Å²) in [5.41, 5.74) is 1.18. The van der Waals surface area contributed by atoms with Gasteiger partial charge in [0.15, 0.2) is 9.84 Å².